The number of carboxylic acid groups (broad SMARTS) is 1. The van der Waals surface area contributed by atoms with Gasteiger partial charge in [-0.05, 0) is 36.6 Å². The van der Waals surface area contributed by atoms with Gasteiger partial charge >= 0.3 is 17.7 Å². The molecule has 0 saturated heterocycles. The molecule has 4 rings (SSSR count). The van der Waals surface area contributed by atoms with Gasteiger partial charge in [0.1, 0.15) is 12.1 Å². The van der Waals surface area contributed by atoms with Crippen molar-refractivity contribution < 1.29 is 19.5 Å². The molecular formula is C25H26N6O6. The molecule has 0 fully saturated rings. The molecule has 12 heteroatoms. The largest absolute Gasteiger partial charge is 0.480 e. The fourth-order valence-electron chi connectivity index (χ4n) is 4.31. The summed E-state index contributed by atoms with van der Waals surface area (Å²) < 4.78 is 0.826. The Morgan fingerprint density at radius 1 is 1.00 bits per heavy atom. The van der Waals surface area contributed by atoms with Crippen LogP contribution < -0.4 is 27.6 Å². The second kappa shape index (κ2) is 10.8. The summed E-state index contributed by atoms with van der Waals surface area (Å²) in [4.78, 5) is 68.4. The molecule has 0 radical (unpaired) electrons. The van der Waals surface area contributed by atoms with Crippen LogP contribution in [-0.4, -0.2) is 50.1 Å². The summed E-state index contributed by atoms with van der Waals surface area (Å²) >= 11 is 0. The van der Waals surface area contributed by atoms with Crippen molar-refractivity contribution >= 4 is 39.7 Å². The average Bonchev–Trinajstić information content (AvgIpc) is 3.27. The Kier molecular flexibility index (Phi) is 7.37. The molecule has 0 saturated carbocycles. The van der Waals surface area contributed by atoms with E-state index in [1.165, 1.54) is 6.07 Å². The molecule has 0 bridgehead atoms. The van der Waals surface area contributed by atoms with Crippen LogP contribution in [0, 0.1) is 0 Å². The van der Waals surface area contributed by atoms with Gasteiger partial charge in [0.25, 0.3) is 5.56 Å². The van der Waals surface area contributed by atoms with Gasteiger partial charge in [-0.25, -0.2) is 19.0 Å². The Labute approximate surface area is 209 Å². The van der Waals surface area contributed by atoms with Crippen LogP contribution in [0.25, 0.3) is 21.8 Å². The highest BCUT2D eigenvalue weighted by atomic mass is 16.4. The van der Waals surface area contributed by atoms with E-state index in [-0.39, 0.29) is 31.2 Å². The van der Waals surface area contributed by atoms with E-state index in [1.54, 1.807) is 24.4 Å². The Hall–Kier alpha value is -4.87. The van der Waals surface area contributed by atoms with E-state index in [0.29, 0.717) is 11.1 Å². The van der Waals surface area contributed by atoms with E-state index in [4.69, 9.17) is 5.73 Å². The lowest BCUT2D eigenvalue weighted by Crippen LogP contribution is -2.49. The first-order chi connectivity index (χ1) is 17.8. The van der Waals surface area contributed by atoms with E-state index >= 15 is 0 Å². The number of nitrogens with one attached hydrogen (secondary N) is 4. The Balaban J connectivity index is 1.71. The van der Waals surface area contributed by atoms with Gasteiger partial charge in [-0.15, -0.1) is 0 Å². The van der Waals surface area contributed by atoms with Crippen LogP contribution in [0.4, 0.5) is 4.79 Å². The molecule has 7 N–H and O–H groups in total. The Bertz CT molecular complexity index is 1590. The molecule has 12 nitrogen and oxygen atoms in total. The molecule has 2 heterocycles. The maximum atomic E-state index is 13.5. The van der Waals surface area contributed by atoms with Gasteiger partial charge in [0.05, 0.1) is 10.9 Å². The number of hydrogen-bond donors (Lipinski definition) is 6. The van der Waals surface area contributed by atoms with Gasteiger partial charge in [-0.1, -0.05) is 30.3 Å². The van der Waals surface area contributed by atoms with Crippen LogP contribution in [0.3, 0.4) is 0 Å². The summed E-state index contributed by atoms with van der Waals surface area (Å²) in [5.41, 5.74) is 5.37. The number of benzene rings is 2. The fourth-order valence-corrected chi connectivity index (χ4v) is 4.31. The van der Waals surface area contributed by atoms with Gasteiger partial charge in [0, 0.05) is 30.1 Å². The van der Waals surface area contributed by atoms with Crippen LogP contribution in [0.15, 0.2) is 64.3 Å². The third-order valence-corrected chi connectivity index (χ3v) is 6.12. The monoisotopic (exact) mass is 506 g/mol. The number of primary amides is 1. The van der Waals surface area contributed by atoms with Gasteiger partial charge in [0.2, 0.25) is 5.91 Å². The van der Waals surface area contributed by atoms with Crippen molar-refractivity contribution in [2.45, 2.75) is 31.3 Å². The SMILES string of the molecule is NC(=O)NCCC[C@H](NC(=O)[C@@H](Cc1c[nH]c2ccccc12)n1c(=O)[nH]c2ccccc2c1=O)C(=O)O. The maximum Gasteiger partial charge on any atom is 0.329 e. The van der Waals surface area contributed by atoms with Crippen molar-refractivity contribution in [1.29, 1.82) is 0 Å². The summed E-state index contributed by atoms with van der Waals surface area (Å²) in [6, 6.07) is 10.4. The van der Waals surface area contributed by atoms with Crippen molar-refractivity contribution in [3.05, 3.63) is 81.1 Å². The topological polar surface area (TPSA) is 192 Å². The molecule has 2 aromatic carbocycles. The standard InChI is InChI=1S/C25H26N6O6/c26-24(36)27-11-5-10-19(23(34)35)29-21(32)20(12-14-13-28-17-8-3-1-6-15(14)17)31-22(33)16-7-2-4-9-18(16)30-25(31)37/h1-4,6-9,13,19-20,28H,5,10-12H2,(H,29,32)(H,30,37)(H,34,35)(H3,26,27,36)/t19-,20+/m0/s1. The van der Waals surface area contributed by atoms with Crippen LogP contribution in [0.5, 0.6) is 0 Å². The number of rotatable bonds is 10. The number of hydrogen-bond acceptors (Lipinski definition) is 5. The number of aromatic nitrogens is 3. The molecule has 0 unspecified atom stereocenters. The molecule has 4 aromatic rings. The quantitative estimate of drug-likeness (QED) is 0.174. The minimum Gasteiger partial charge on any atom is -0.480 e. The zero-order valence-electron chi connectivity index (χ0n) is 19.7. The molecule has 2 atom stereocenters. The van der Waals surface area contributed by atoms with Gasteiger partial charge in [-0.2, -0.15) is 0 Å². The predicted molar refractivity (Wildman–Crippen MR) is 136 cm³/mol. The Morgan fingerprint density at radius 3 is 2.38 bits per heavy atom. The lowest BCUT2D eigenvalue weighted by molar-refractivity contribution is -0.142. The number of aromatic amines is 2. The lowest BCUT2D eigenvalue weighted by atomic mass is 10.0. The predicted octanol–water partition coefficient (Wildman–Crippen LogP) is 0.973. The van der Waals surface area contributed by atoms with E-state index in [1.807, 2.05) is 24.3 Å². The van der Waals surface area contributed by atoms with Crippen molar-refractivity contribution in [2.75, 3.05) is 6.54 Å². The summed E-state index contributed by atoms with van der Waals surface area (Å²) in [6.45, 7) is 0.123. The number of para-hydroxylation sites is 2. The van der Waals surface area contributed by atoms with Crippen molar-refractivity contribution in [3.63, 3.8) is 0 Å². The molecule has 0 aliphatic rings. The molecule has 0 spiro atoms. The average molecular weight is 507 g/mol. The zero-order valence-corrected chi connectivity index (χ0v) is 19.7. The molecule has 0 aliphatic carbocycles. The number of H-pyrrole nitrogens is 2. The normalized spacial score (nSPS) is 12.8. The minimum absolute atomic E-state index is 0.00979. The van der Waals surface area contributed by atoms with E-state index in [0.717, 1.165) is 15.5 Å². The summed E-state index contributed by atoms with van der Waals surface area (Å²) in [5, 5.41) is 15.5. The molecule has 0 aliphatic heterocycles. The first kappa shape index (κ1) is 25.2. The van der Waals surface area contributed by atoms with Gasteiger partial charge < -0.3 is 31.4 Å². The van der Waals surface area contributed by atoms with Crippen molar-refractivity contribution in [2.24, 2.45) is 5.73 Å². The smallest absolute Gasteiger partial charge is 0.329 e. The third-order valence-electron chi connectivity index (χ3n) is 6.12. The summed E-state index contributed by atoms with van der Waals surface area (Å²) in [6.07, 6.45) is 1.86. The Morgan fingerprint density at radius 2 is 1.68 bits per heavy atom. The number of urea groups is 1. The van der Waals surface area contributed by atoms with E-state index < -0.39 is 41.2 Å². The molecular weight excluding hydrogens is 480 g/mol. The molecule has 3 amide bonds. The van der Waals surface area contributed by atoms with Crippen LogP contribution in [0.1, 0.15) is 24.4 Å². The van der Waals surface area contributed by atoms with Gasteiger partial charge in [-0.3, -0.25) is 9.59 Å². The van der Waals surface area contributed by atoms with E-state index in [9.17, 15) is 29.1 Å². The second-order valence-electron chi connectivity index (χ2n) is 8.56. The number of carbonyl (C=O) groups is 3. The molecule has 192 valence electrons. The number of carbonyl (C=O) groups excluding carboxylic acids is 2. The second-order valence-corrected chi connectivity index (χ2v) is 8.56. The van der Waals surface area contributed by atoms with Gasteiger partial charge in [0.15, 0.2) is 0 Å². The highest BCUT2D eigenvalue weighted by molar-refractivity contribution is 5.88. The number of fused-ring (bicyclic) bond motifs is 2. The number of nitrogens with two attached hydrogens (primary N) is 1. The number of carboxylic acids is 1. The minimum atomic E-state index is -1.34. The highest BCUT2D eigenvalue weighted by Crippen LogP contribution is 2.22. The summed E-state index contributed by atoms with van der Waals surface area (Å²) in [5.74, 6) is -2.10. The number of nitrogens with zero attached hydrogens (tertiary/aromatic N) is 1. The van der Waals surface area contributed by atoms with Crippen LogP contribution in [0.2, 0.25) is 0 Å². The first-order valence-corrected chi connectivity index (χ1v) is 11.6. The van der Waals surface area contributed by atoms with Crippen LogP contribution >= 0.6 is 0 Å². The fraction of sp³-hybridized carbons (Fsp3) is 0.240. The highest BCUT2D eigenvalue weighted by Gasteiger charge is 2.30. The maximum absolute atomic E-state index is 13.5. The van der Waals surface area contributed by atoms with Crippen molar-refractivity contribution in [3.8, 4) is 0 Å². The molecule has 37 heavy (non-hydrogen) atoms. The summed E-state index contributed by atoms with van der Waals surface area (Å²) in [7, 11) is 0. The van der Waals surface area contributed by atoms with Crippen molar-refractivity contribution in [1.82, 2.24) is 25.2 Å². The number of aliphatic carboxylic acids is 1. The first-order valence-electron chi connectivity index (χ1n) is 11.6. The van der Waals surface area contributed by atoms with Crippen LogP contribution in [-0.2, 0) is 16.0 Å². The number of amides is 3. The van der Waals surface area contributed by atoms with E-state index in [2.05, 4.69) is 20.6 Å². The lowest BCUT2D eigenvalue weighted by Gasteiger charge is -2.22. The third kappa shape index (κ3) is 5.53. The zero-order chi connectivity index (χ0) is 26.5. The molecule has 2 aromatic heterocycles.